The molecule has 0 aromatic heterocycles. The number of nitrogens with one attached hydrogen (secondary N) is 1. The van der Waals surface area contributed by atoms with Gasteiger partial charge in [-0.2, -0.15) is 10.5 Å². The van der Waals surface area contributed by atoms with E-state index in [1.165, 1.54) is 19.3 Å². The highest BCUT2D eigenvalue weighted by atomic mass is 16.2. The number of para-hydroxylation sites is 1. The van der Waals surface area contributed by atoms with Gasteiger partial charge in [0.15, 0.2) is 0 Å². The van der Waals surface area contributed by atoms with Gasteiger partial charge in [-0.05, 0) is 37.8 Å². The predicted octanol–water partition coefficient (Wildman–Crippen LogP) is 2.58. The van der Waals surface area contributed by atoms with Gasteiger partial charge in [0.05, 0.1) is 17.3 Å². The zero-order chi connectivity index (χ0) is 21.4. The molecule has 1 aromatic carbocycles. The number of benzene rings is 1. The maximum absolute atomic E-state index is 12.6. The smallest absolute Gasteiger partial charge is 0.225 e. The molecular weight excluding hydrogens is 378 g/mol. The van der Waals surface area contributed by atoms with Crippen LogP contribution in [0.3, 0.4) is 0 Å². The lowest BCUT2D eigenvalue weighted by Gasteiger charge is -2.38. The molecule has 0 atom stereocenters. The molecular formula is C23H29N5O2. The largest absolute Gasteiger partial charge is 0.367 e. The number of piperazine rings is 1. The summed E-state index contributed by atoms with van der Waals surface area (Å²) >= 11 is 0. The Hall–Kier alpha value is -3.06. The standard InChI is InChI=1S/C18H23N3O.C5H6N2O/c19-14-16-8-4-5-9-17(16)20-10-12-21(13-11-20)18(22)15-6-2-1-3-7-15;6-3-5(1-2-5)7-4-8/h4-5,8-9,15H,1-3,6-7,10-13H2;4H,1-2H2,(H,7,8). The van der Waals surface area contributed by atoms with Crippen LogP contribution < -0.4 is 10.2 Å². The lowest BCUT2D eigenvalue weighted by molar-refractivity contribution is -0.136. The fourth-order valence-corrected chi connectivity index (χ4v) is 4.15. The number of nitriles is 2. The third kappa shape index (κ3) is 5.30. The molecule has 0 unspecified atom stereocenters. The Morgan fingerprint density at radius 3 is 2.27 bits per heavy atom. The second kappa shape index (κ2) is 10.1. The quantitative estimate of drug-likeness (QED) is 0.773. The molecule has 7 heteroatoms. The minimum atomic E-state index is -0.470. The van der Waals surface area contributed by atoms with Crippen LogP contribution in [0.15, 0.2) is 24.3 Å². The van der Waals surface area contributed by atoms with Crippen molar-refractivity contribution in [2.75, 3.05) is 31.1 Å². The molecule has 4 rings (SSSR count). The molecule has 3 aliphatic rings. The zero-order valence-electron chi connectivity index (χ0n) is 17.3. The van der Waals surface area contributed by atoms with Crippen LogP contribution in [0.1, 0.15) is 50.5 Å². The number of carbonyl (C=O) groups excluding carboxylic acids is 2. The molecule has 1 aromatic rings. The van der Waals surface area contributed by atoms with Crippen LogP contribution in [0.2, 0.25) is 0 Å². The average molecular weight is 408 g/mol. The van der Waals surface area contributed by atoms with Gasteiger partial charge in [-0.3, -0.25) is 9.59 Å². The van der Waals surface area contributed by atoms with E-state index in [1.54, 1.807) is 0 Å². The molecule has 1 saturated heterocycles. The van der Waals surface area contributed by atoms with Gasteiger partial charge in [-0.25, -0.2) is 0 Å². The van der Waals surface area contributed by atoms with Crippen LogP contribution in [-0.4, -0.2) is 48.9 Å². The van der Waals surface area contributed by atoms with Crippen molar-refractivity contribution in [3.63, 3.8) is 0 Å². The van der Waals surface area contributed by atoms with E-state index in [-0.39, 0.29) is 5.92 Å². The zero-order valence-corrected chi connectivity index (χ0v) is 17.3. The molecule has 1 aliphatic heterocycles. The molecule has 3 fully saturated rings. The van der Waals surface area contributed by atoms with Crippen LogP contribution in [0, 0.1) is 28.6 Å². The number of carbonyl (C=O) groups is 2. The van der Waals surface area contributed by atoms with E-state index in [2.05, 4.69) is 16.3 Å². The highest BCUT2D eigenvalue weighted by Gasteiger charge is 2.42. The second-order valence-electron chi connectivity index (χ2n) is 8.23. The molecule has 158 valence electrons. The van der Waals surface area contributed by atoms with Crippen LogP contribution in [0.5, 0.6) is 0 Å². The van der Waals surface area contributed by atoms with Crippen molar-refractivity contribution in [1.82, 2.24) is 10.2 Å². The van der Waals surface area contributed by atoms with Gasteiger partial charge >= 0.3 is 0 Å². The number of amides is 2. The molecule has 2 aliphatic carbocycles. The molecule has 30 heavy (non-hydrogen) atoms. The topological polar surface area (TPSA) is 100 Å². The van der Waals surface area contributed by atoms with Crippen molar-refractivity contribution in [3.8, 4) is 12.1 Å². The summed E-state index contributed by atoms with van der Waals surface area (Å²) in [5.74, 6) is 0.611. The molecule has 1 heterocycles. The molecule has 0 bridgehead atoms. The average Bonchev–Trinajstić information content (AvgIpc) is 3.60. The highest BCUT2D eigenvalue weighted by Crippen LogP contribution is 2.33. The number of rotatable bonds is 4. The Balaban J connectivity index is 0.000000269. The predicted molar refractivity (Wildman–Crippen MR) is 113 cm³/mol. The van der Waals surface area contributed by atoms with Gasteiger partial charge in [0, 0.05) is 32.1 Å². The third-order valence-corrected chi connectivity index (χ3v) is 6.21. The number of hydrogen-bond donors (Lipinski definition) is 1. The summed E-state index contributed by atoms with van der Waals surface area (Å²) in [5, 5.41) is 20.0. The summed E-state index contributed by atoms with van der Waals surface area (Å²) in [6.07, 6.45) is 8.01. The van der Waals surface area contributed by atoms with Gasteiger partial charge in [0.25, 0.3) is 0 Å². The normalized spacial score (nSPS) is 20.1. The first-order valence-corrected chi connectivity index (χ1v) is 10.8. The van der Waals surface area contributed by atoms with Gasteiger partial charge in [-0.1, -0.05) is 31.4 Å². The maximum Gasteiger partial charge on any atom is 0.225 e. The lowest BCUT2D eigenvalue weighted by atomic mass is 9.88. The fraction of sp³-hybridized carbons (Fsp3) is 0.565. The van der Waals surface area contributed by atoms with Crippen LogP contribution >= 0.6 is 0 Å². The monoisotopic (exact) mass is 407 g/mol. The van der Waals surface area contributed by atoms with Crippen LogP contribution in [0.4, 0.5) is 5.69 Å². The summed E-state index contributed by atoms with van der Waals surface area (Å²) in [7, 11) is 0. The fourth-order valence-electron chi connectivity index (χ4n) is 4.15. The Kier molecular flexibility index (Phi) is 7.30. The van der Waals surface area contributed by atoms with Crippen molar-refractivity contribution in [3.05, 3.63) is 29.8 Å². The summed E-state index contributed by atoms with van der Waals surface area (Å²) < 4.78 is 0. The molecule has 1 N–H and O–H groups in total. The Morgan fingerprint density at radius 2 is 1.73 bits per heavy atom. The molecule has 0 spiro atoms. The Morgan fingerprint density at radius 1 is 1.07 bits per heavy atom. The van der Waals surface area contributed by atoms with E-state index < -0.39 is 5.54 Å². The van der Waals surface area contributed by atoms with Gasteiger partial charge in [-0.15, -0.1) is 0 Å². The lowest BCUT2D eigenvalue weighted by Crippen LogP contribution is -2.50. The highest BCUT2D eigenvalue weighted by molar-refractivity contribution is 5.79. The third-order valence-electron chi connectivity index (χ3n) is 6.21. The first-order chi connectivity index (χ1) is 14.6. The van der Waals surface area contributed by atoms with E-state index in [0.717, 1.165) is 63.1 Å². The SMILES string of the molecule is N#CC1(NC=O)CC1.N#Cc1ccccc1N1CCN(C(=O)C2CCCCC2)CC1. The summed E-state index contributed by atoms with van der Waals surface area (Å²) in [4.78, 5) is 26.6. The van der Waals surface area contributed by atoms with E-state index in [4.69, 9.17) is 5.26 Å². The minimum Gasteiger partial charge on any atom is -0.367 e. The van der Waals surface area contributed by atoms with Gasteiger partial charge in [0.1, 0.15) is 11.6 Å². The number of anilines is 1. The molecule has 0 radical (unpaired) electrons. The van der Waals surface area contributed by atoms with Crippen LogP contribution in [-0.2, 0) is 9.59 Å². The van der Waals surface area contributed by atoms with Crippen molar-refractivity contribution in [2.24, 2.45) is 5.92 Å². The second-order valence-corrected chi connectivity index (χ2v) is 8.23. The van der Waals surface area contributed by atoms with Crippen molar-refractivity contribution in [2.45, 2.75) is 50.5 Å². The van der Waals surface area contributed by atoms with Crippen LogP contribution in [0.25, 0.3) is 0 Å². The molecule has 2 amide bonds. The van der Waals surface area contributed by atoms with E-state index in [0.29, 0.717) is 12.3 Å². The first-order valence-electron chi connectivity index (χ1n) is 10.8. The maximum atomic E-state index is 12.6. The van der Waals surface area contributed by atoms with E-state index >= 15 is 0 Å². The van der Waals surface area contributed by atoms with Gasteiger partial charge in [0.2, 0.25) is 12.3 Å². The minimum absolute atomic E-state index is 0.256. The van der Waals surface area contributed by atoms with Crippen molar-refractivity contribution < 1.29 is 9.59 Å². The Labute approximate surface area is 178 Å². The summed E-state index contributed by atoms with van der Waals surface area (Å²) in [6.45, 7) is 3.18. The number of nitrogens with zero attached hydrogens (tertiary/aromatic N) is 4. The number of hydrogen-bond acceptors (Lipinski definition) is 5. The summed E-state index contributed by atoms with van der Waals surface area (Å²) in [5.41, 5.74) is 1.24. The first kappa shape index (κ1) is 21.6. The van der Waals surface area contributed by atoms with E-state index in [1.807, 2.05) is 35.2 Å². The molecule has 2 saturated carbocycles. The van der Waals surface area contributed by atoms with Crippen molar-refractivity contribution in [1.29, 1.82) is 10.5 Å². The Bertz CT molecular complexity index is 823. The summed E-state index contributed by atoms with van der Waals surface area (Å²) in [6, 6.07) is 12.0. The van der Waals surface area contributed by atoms with E-state index in [9.17, 15) is 14.9 Å². The molecule has 7 nitrogen and oxygen atoms in total. The van der Waals surface area contributed by atoms with Crippen molar-refractivity contribution >= 4 is 18.0 Å². The van der Waals surface area contributed by atoms with Gasteiger partial charge < -0.3 is 15.1 Å².